The van der Waals surface area contributed by atoms with Crippen molar-refractivity contribution in [3.63, 3.8) is 0 Å². The average molecular weight is 180 g/mol. The third kappa shape index (κ3) is 3.92. The molecule has 0 unspecified atom stereocenters. The molecule has 0 heterocycles. The maximum atomic E-state index is 4.36. The second-order valence-electron chi connectivity index (χ2n) is 3.11. The highest BCUT2D eigenvalue weighted by Gasteiger charge is 2.06. The highest BCUT2D eigenvalue weighted by atomic mass is 14.9. The van der Waals surface area contributed by atoms with E-state index in [2.05, 4.69) is 37.7 Å². The summed E-state index contributed by atoms with van der Waals surface area (Å²) in [6.45, 7) is 12.0. The Balaban J connectivity index is 4.87. The summed E-state index contributed by atoms with van der Waals surface area (Å²) in [4.78, 5) is 4.36. The standard InChI is InChI=1S/C11H20N2/c1-6-10(12-7-2)11(9(4)5)13-8-3/h7-9,12H,2,6H2,1,3-5H3/b11-10-,13-8?. The van der Waals surface area contributed by atoms with Gasteiger partial charge in [-0.05, 0) is 25.5 Å². The lowest BCUT2D eigenvalue weighted by Crippen LogP contribution is -2.09. The molecular weight excluding hydrogens is 160 g/mol. The van der Waals surface area contributed by atoms with Crippen LogP contribution in [0.4, 0.5) is 0 Å². The molecule has 2 heteroatoms. The van der Waals surface area contributed by atoms with E-state index >= 15 is 0 Å². The molecule has 0 saturated carbocycles. The fourth-order valence-corrected chi connectivity index (χ4v) is 1.19. The van der Waals surface area contributed by atoms with Crippen molar-refractivity contribution >= 4 is 6.21 Å². The molecule has 2 nitrogen and oxygen atoms in total. The van der Waals surface area contributed by atoms with Crippen molar-refractivity contribution in [2.24, 2.45) is 10.9 Å². The number of allylic oxidation sites excluding steroid dienone is 2. The summed E-state index contributed by atoms with van der Waals surface area (Å²) in [5.41, 5.74) is 2.27. The van der Waals surface area contributed by atoms with Gasteiger partial charge in [0.2, 0.25) is 0 Å². The summed E-state index contributed by atoms with van der Waals surface area (Å²) in [7, 11) is 0. The molecule has 0 aliphatic heterocycles. The predicted octanol–water partition coefficient (Wildman–Crippen LogP) is 3.09. The van der Waals surface area contributed by atoms with Gasteiger partial charge < -0.3 is 5.32 Å². The third-order valence-corrected chi connectivity index (χ3v) is 1.75. The van der Waals surface area contributed by atoms with Crippen LogP contribution in [0.3, 0.4) is 0 Å². The van der Waals surface area contributed by atoms with E-state index in [0.717, 1.165) is 17.8 Å². The Labute approximate surface area is 81.5 Å². The van der Waals surface area contributed by atoms with Crippen molar-refractivity contribution in [1.82, 2.24) is 5.32 Å². The number of hydrogen-bond donors (Lipinski definition) is 1. The van der Waals surface area contributed by atoms with Gasteiger partial charge in [0.05, 0.1) is 5.70 Å². The summed E-state index contributed by atoms with van der Waals surface area (Å²) in [6, 6.07) is 0. The molecule has 0 aromatic heterocycles. The molecule has 0 aromatic rings. The molecule has 0 fully saturated rings. The number of nitrogens with zero attached hydrogens (tertiary/aromatic N) is 1. The Kier molecular flexibility index (Phi) is 5.94. The lowest BCUT2D eigenvalue weighted by Gasteiger charge is -2.12. The van der Waals surface area contributed by atoms with Crippen LogP contribution in [0.2, 0.25) is 0 Å². The van der Waals surface area contributed by atoms with Crippen LogP contribution in [-0.2, 0) is 0 Å². The second-order valence-corrected chi connectivity index (χ2v) is 3.11. The maximum absolute atomic E-state index is 4.36. The molecule has 0 saturated heterocycles. The van der Waals surface area contributed by atoms with Gasteiger partial charge >= 0.3 is 0 Å². The molecule has 0 spiro atoms. The first-order chi connectivity index (χ1) is 6.17. The van der Waals surface area contributed by atoms with E-state index in [1.54, 1.807) is 6.20 Å². The molecule has 0 aliphatic rings. The fraction of sp³-hybridized carbons (Fsp3) is 0.545. The summed E-state index contributed by atoms with van der Waals surface area (Å²) in [6.07, 6.45) is 4.49. The first-order valence-corrected chi connectivity index (χ1v) is 4.76. The van der Waals surface area contributed by atoms with Gasteiger partial charge in [-0.3, -0.25) is 4.99 Å². The van der Waals surface area contributed by atoms with Crippen molar-refractivity contribution < 1.29 is 0 Å². The first kappa shape index (κ1) is 11.9. The zero-order chi connectivity index (χ0) is 10.3. The molecule has 1 N–H and O–H groups in total. The normalized spacial score (nSPS) is 13.3. The molecule has 0 aromatic carbocycles. The number of hydrogen-bond acceptors (Lipinski definition) is 2. The van der Waals surface area contributed by atoms with E-state index in [4.69, 9.17) is 0 Å². The van der Waals surface area contributed by atoms with E-state index in [-0.39, 0.29) is 0 Å². The highest BCUT2D eigenvalue weighted by Crippen LogP contribution is 2.16. The van der Waals surface area contributed by atoms with Gasteiger partial charge in [0, 0.05) is 11.9 Å². The van der Waals surface area contributed by atoms with Crippen LogP contribution in [0.15, 0.2) is 29.2 Å². The molecule has 0 bridgehead atoms. The molecule has 0 aliphatic carbocycles. The minimum atomic E-state index is 0.443. The van der Waals surface area contributed by atoms with Crippen molar-refractivity contribution in [2.45, 2.75) is 34.1 Å². The summed E-state index contributed by atoms with van der Waals surface area (Å²) in [5, 5.41) is 3.13. The Hall–Kier alpha value is -1.05. The fourth-order valence-electron chi connectivity index (χ4n) is 1.19. The molecule has 74 valence electrons. The first-order valence-electron chi connectivity index (χ1n) is 4.76. The Bertz CT molecular complexity index is 212. The minimum absolute atomic E-state index is 0.443. The van der Waals surface area contributed by atoms with Crippen LogP contribution in [0.1, 0.15) is 34.1 Å². The van der Waals surface area contributed by atoms with Crippen LogP contribution in [0.25, 0.3) is 0 Å². The zero-order valence-corrected chi connectivity index (χ0v) is 9.09. The highest BCUT2D eigenvalue weighted by molar-refractivity contribution is 5.55. The third-order valence-electron chi connectivity index (χ3n) is 1.75. The van der Waals surface area contributed by atoms with E-state index in [0.29, 0.717) is 5.92 Å². The molecule has 0 atom stereocenters. The van der Waals surface area contributed by atoms with Gasteiger partial charge in [-0.2, -0.15) is 0 Å². The Morgan fingerprint density at radius 1 is 1.54 bits per heavy atom. The molecule has 0 radical (unpaired) electrons. The van der Waals surface area contributed by atoms with Crippen LogP contribution in [-0.4, -0.2) is 6.21 Å². The summed E-state index contributed by atoms with van der Waals surface area (Å²) in [5.74, 6) is 0.443. The number of rotatable bonds is 5. The van der Waals surface area contributed by atoms with Crippen molar-refractivity contribution in [1.29, 1.82) is 0 Å². The molecule has 0 amide bonds. The molecule has 0 rings (SSSR count). The lowest BCUT2D eigenvalue weighted by molar-refractivity contribution is 0.719. The largest absolute Gasteiger partial charge is 0.364 e. The Morgan fingerprint density at radius 3 is 2.46 bits per heavy atom. The Morgan fingerprint density at radius 2 is 2.15 bits per heavy atom. The SMILES string of the molecule is C=CN/C(CC)=C(\N=CC)C(C)C. The van der Waals surface area contributed by atoms with Gasteiger partial charge in [-0.25, -0.2) is 0 Å². The predicted molar refractivity (Wildman–Crippen MR) is 59.7 cm³/mol. The van der Waals surface area contributed by atoms with Gasteiger partial charge in [0.1, 0.15) is 0 Å². The number of aliphatic imine (C=N–C) groups is 1. The van der Waals surface area contributed by atoms with E-state index < -0.39 is 0 Å². The lowest BCUT2D eigenvalue weighted by atomic mass is 10.1. The van der Waals surface area contributed by atoms with Crippen molar-refractivity contribution in [3.05, 3.63) is 24.2 Å². The van der Waals surface area contributed by atoms with Crippen LogP contribution >= 0.6 is 0 Å². The zero-order valence-electron chi connectivity index (χ0n) is 9.09. The van der Waals surface area contributed by atoms with Crippen LogP contribution in [0.5, 0.6) is 0 Å². The monoisotopic (exact) mass is 180 g/mol. The maximum Gasteiger partial charge on any atom is 0.0616 e. The van der Waals surface area contributed by atoms with E-state index in [9.17, 15) is 0 Å². The van der Waals surface area contributed by atoms with Crippen LogP contribution < -0.4 is 5.32 Å². The van der Waals surface area contributed by atoms with Crippen LogP contribution in [0, 0.1) is 5.92 Å². The van der Waals surface area contributed by atoms with Gasteiger partial charge in [0.25, 0.3) is 0 Å². The summed E-state index contributed by atoms with van der Waals surface area (Å²) >= 11 is 0. The van der Waals surface area contributed by atoms with Gasteiger partial charge in [-0.15, -0.1) is 0 Å². The van der Waals surface area contributed by atoms with E-state index in [1.165, 1.54) is 0 Å². The molecular formula is C11H20N2. The van der Waals surface area contributed by atoms with Gasteiger partial charge in [0.15, 0.2) is 0 Å². The van der Waals surface area contributed by atoms with E-state index in [1.807, 2.05) is 13.1 Å². The summed E-state index contributed by atoms with van der Waals surface area (Å²) < 4.78 is 0. The minimum Gasteiger partial charge on any atom is -0.364 e. The van der Waals surface area contributed by atoms with Crippen molar-refractivity contribution in [2.75, 3.05) is 0 Å². The molecule has 13 heavy (non-hydrogen) atoms. The smallest absolute Gasteiger partial charge is 0.0616 e. The van der Waals surface area contributed by atoms with Crippen molar-refractivity contribution in [3.8, 4) is 0 Å². The topological polar surface area (TPSA) is 24.4 Å². The number of nitrogens with one attached hydrogen (secondary N) is 1. The quantitative estimate of drug-likeness (QED) is 0.646. The second kappa shape index (κ2) is 6.46. The van der Waals surface area contributed by atoms with Gasteiger partial charge in [-0.1, -0.05) is 27.4 Å². The average Bonchev–Trinajstić information content (AvgIpc) is 2.10.